The van der Waals surface area contributed by atoms with Gasteiger partial charge in [-0.3, -0.25) is 4.79 Å². The van der Waals surface area contributed by atoms with Gasteiger partial charge in [0.05, 0.1) is 11.6 Å². The Hall–Kier alpha value is -2.03. The highest BCUT2D eigenvalue weighted by atomic mass is 19.4. The number of amides is 1. The summed E-state index contributed by atoms with van der Waals surface area (Å²) in [7, 11) is 0. The predicted molar refractivity (Wildman–Crippen MR) is 53.9 cm³/mol. The second-order valence-electron chi connectivity index (χ2n) is 3.31. The first kappa shape index (κ1) is 13.0. The Bertz CT molecular complexity index is 432. The molecule has 0 aliphatic carbocycles. The Morgan fingerprint density at radius 3 is 2.35 bits per heavy atom. The molecule has 1 amide bonds. The van der Waals surface area contributed by atoms with Gasteiger partial charge in [-0.25, -0.2) is 0 Å². The Labute approximate surface area is 95.9 Å². The van der Waals surface area contributed by atoms with Crippen LogP contribution >= 0.6 is 0 Å². The second-order valence-corrected chi connectivity index (χ2v) is 3.31. The Morgan fingerprint density at radius 1 is 1.29 bits per heavy atom. The molecule has 0 heterocycles. The maximum absolute atomic E-state index is 11.8. The summed E-state index contributed by atoms with van der Waals surface area (Å²) in [5.74, 6) is -1.94. The zero-order chi connectivity index (χ0) is 12.9. The molecule has 0 aliphatic rings. The molecule has 0 atom stereocenters. The van der Waals surface area contributed by atoms with E-state index in [4.69, 9.17) is 5.26 Å². The molecular weight excluding hydrogens is 233 g/mol. The van der Waals surface area contributed by atoms with Crippen LogP contribution in [-0.4, -0.2) is 18.6 Å². The zero-order valence-electron chi connectivity index (χ0n) is 8.71. The van der Waals surface area contributed by atoms with Gasteiger partial charge in [0, 0.05) is 6.54 Å². The minimum atomic E-state index is -4.84. The van der Waals surface area contributed by atoms with Crippen molar-refractivity contribution in [1.82, 2.24) is 5.32 Å². The first-order valence-electron chi connectivity index (χ1n) is 4.77. The van der Waals surface area contributed by atoms with Gasteiger partial charge in [-0.15, -0.1) is 0 Å². The molecule has 0 saturated carbocycles. The van der Waals surface area contributed by atoms with Gasteiger partial charge in [0.25, 0.3) is 0 Å². The fraction of sp³-hybridized carbons (Fsp3) is 0.273. The highest BCUT2D eigenvalue weighted by Gasteiger charge is 2.38. The molecule has 0 bridgehead atoms. The van der Waals surface area contributed by atoms with Gasteiger partial charge in [-0.1, -0.05) is 12.1 Å². The average molecular weight is 242 g/mol. The molecule has 0 saturated heterocycles. The summed E-state index contributed by atoms with van der Waals surface area (Å²) in [5.41, 5.74) is 1.24. The summed E-state index contributed by atoms with van der Waals surface area (Å²) in [6.07, 6.45) is -4.56. The van der Waals surface area contributed by atoms with Crippen LogP contribution in [0.2, 0.25) is 0 Å². The van der Waals surface area contributed by atoms with Gasteiger partial charge < -0.3 is 5.32 Å². The number of alkyl halides is 3. The number of carbonyl (C=O) groups is 1. The van der Waals surface area contributed by atoms with Crippen molar-refractivity contribution < 1.29 is 18.0 Å². The van der Waals surface area contributed by atoms with Crippen LogP contribution in [0.15, 0.2) is 24.3 Å². The van der Waals surface area contributed by atoms with Crippen molar-refractivity contribution in [1.29, 1.82) is 5.26 Å². The van der Waals surface area contributed by atoms with Crippen LogP contribution in [0.4, 0.5) is 13.2 Å². The van der Waals surface area contributed by atoms with Crippen LogP contribution in [0.25, 0.3) is 0 Å². The highest BCUT2D eigenvalue weighted by Crippen LogP contribution is 2.14. The minimum absolute atomic E-state index is 0.0930. The van der Waals surface area contributed by atoms with E-state index in [9.17, 15) is 18.0 Å². The summed E-state index contributed by atoms with van der Waals surface area (Å²) in [4.78, 5) is 10.5. The van der Waals surface area contributed by atoms with E-state index in [-0.39, 0.29) is 13.0 Å². The Kier molecular flexibility index (Phi) is 4.10. The highest BCUT2D eigenvalue weighted by molar-refractivity contribution is 5.81. The van der Waals surface area contributed by atoms with Gasteiger partial charge in [0.2, 0.25) is 0 Å². The van der Waals surface area contributed by atoms with E-state index in [0.717, 1.165) is 5.56 Å². The van der Waals surface area contributed by atoms with Crippen molar-refractivity contribution in [3.05, 3.63) is 35.4 Å². The van der Waals surface area contributed by atoms with E-state index in [1.54, 1.807) is 29.6 Å². The van der Waals surface area contributed by atoms with E-state index >= 15 is 0 Å². The quantitative estimate of drug-likeness (QED) is 0.878. The minimum Gasteiger partial charge on any atom is -0.348 e. The molecule has 1 N–H and O–H groups in total. The molecule has 0 aromatic heterocycles. The van der Waals surface area contributed by atoms with Gasteiger partial charge in [-0.2, -0.15) is 18.4 Å². The monoisotopic (exact) mass is 242 g/mol. The molecule has 3 nitrogen and oxygen atoms in total. The van der Waals surface area contributed by atoms with Crippen LogP contribution in [0.3, 0.4) is 0 Å². The summed E-state index contributed by atoms with van der Waals surface area (Å²) in [5, 5.41) is 10.3. The third kappa shape index (κ3) is 4.15. The van der Waals surface area contributed by atoms with Crippen LogP contribution < -0.4 is 5.32 Å². The van der Waals surface area contributed by atoms with Crippen LogP contribution in [0.1, 0.15) is 11.1 Å². The van der Waals surface area contributed by atoms with Crippen molar-refractivity contribution in [2.75, 3.05) is 6.54 Å². The van der Waals surface area contributed by atoms with Crippen molar-refractivity contribution in [2.24, 2.45) is 0 Å². The number of halogens is 3. The predicted octanol–water partition coefficient (Wildman–Crippen LogP) is 1.78. The standard InChI is InChI=1S/C11H9F3N2O/c12-11(13,14)10(17)16-6-5-8-1-3-9(7-15)4-2-8/h1-4H,5-6H2,(H,16,17). The van der Waals surface area contributed by atoms with Crippen molar-refractivity contribution in [2.45, 2.75) is 12.6 Å². The molecule has 0 spiro atoms. The number of carbonyl (C=O) groups excluding carboxylic acids is 1. The van der Waals surface area contributed by atoms with Gasteiger partial charge >= 0.3 is 12.1 Å². The van der Waals surface area contributed by atoms with E-state index in [2.05, 4.69) is 0 Å². The third-order valence-corrected chi connectivity index (χ3v) is 2.04. The van der Waals surface area contributed by atoms with Crippen molar-refractivity contribution in [3.63, 3.8) is 0 Å². The first-order valence-corrected chi connectivity index (χ1v) is 4.77. The molecule has 6 heteroatoms. The fourth-order valence-corrected chi connectivity index (χ4v) is 1.17. The molecule has 0 unspecified atom stereocenters. The maximum Gasteiger partial charge on any atom is 0.471 e. The summed E-state index contributed by atoms with van der Waals surface area (Å²) < 4.78 is 35.5. The molecule has 1 rings (SSSR count). The largest absolute Gasteiger partial charge is 0.471 e. The lowest BCUT2D eigenvalue weighted by atomic mass is 10.1. The number of nitriles is 1. The summed E-state index contributed by atoms with van der Waals surface area (Å²) in [6.45, 7) is -0.0930. The molecule has 90 valence electrons. The van der Waals surface area contributed by atoms with Crippen molar-refractivity contribution in [3.8, 4) is 6.07 Å². The number of benzene rings is 1. The zero-order valence-corrected chi connectivity index (χ0v) is 8.71. The average Bonchev–Trinajstić information content (AvgIpc) is 2.28. The van der Waals surface area contributed by atoms with E-state index in [1.165, 1.54) is 0 Å². The van der Waals surface area contributed by atoms with Crippen molar-refractivity contribution >= 4 is 5.91 Å². The van der Waals surface area contributed by atoms with Gasteiger partial charge in [0.1, 0.15) is 0 Å². The van der Waals surface area contributed by atoms with Gasteiger partial charge in [-0.05, 0) is 24.1 Å². The maximum atomic E-state index is 11.8. The normalized spacial score (nSPS) is 10.7. The van der Waals surface area contributed by atoms with E-state index < -0.39 is 12.1 Å². The summed E-state index contributed by atoms with van der Waals surface area (Å²) in [6, 6.07) is 8.34. The van der Waals surface area contributed by atoms with E-state index in [1.807, 2.05) is 6.07 Å². The molecule has 0 radical (unpaired) electrons. The number of hydrogen-bond donors (Lipinski definition) is 1. The Morgan fingerprint density at radius 2 is 1.88 bits per heavy atom. The third-order valence-electron chi connectivity index (χ3n) is 2.04. The van der Waals surface area contributed by atoms with Gasteiger partial charge in [0.15, 0.2) is 0 Å². The number of rotatable bonds is 3. The van der Waals surface area contributed by atoms with Crippen LogP contribution in [0.5, 0.6) is 0 Å². The number of hydrogen-bond acceptors (Lipinski definition) is 2. The molecule has 17 heavy (non-hydrogen) atoms. The number of nitrogens with one attached hydrogen (secondary N) is 1. The first-order chi connectivity index (χ1) is 7.93. The molecule has 0 aliphatic heterocycles. The number of nitrogens with zero attached hydrogens (tertiary/aromatic N) is 1. The van der Waals surface area contributed by atoms with Crippen LogP contribution in [-0.2, 0) is 11.2 Å². The Balaban J connectivity index is 2.41. The lowest BCUT2D eigenvalue weighted by Crippen LogP contribution is -2.37. The SMILES string of the molecule is N#Cc1ccc(CCNC(=O)C(F)(F)F)cc1. The second kappa shape index (κ2) is 5.34. The molecular formula is C11H9F3N2O. The lowest BCUT2D eigenvalue weighted by Gasteiger charge is -2.07. The smallest absolute Gasteiger partial charge is 0.348 e. The van der Waals surface area contributed by atoms with Crippen LogP contribution in [0, 0.1) is 11.3 Å². The lowest BCUT2D eigenvalue weighted by molar-refractivity contribution is -0.173. The fourth-order valence-electron chi connectivity index (χ4n) is 1.17. The summed E-state index contributed by atoms with van der Waals surface area (Å²) >= 11 is 0. The van der Waals surface area contributed by atoms with E-state index in [0.29, 0.717) is 5.56 Å². The molecule has 0 fully saturated rings. The molecule has 1 aromatic carbocycles. The topological polar surface area (TPSA) is 52.9 Å². The molecule has 1 aromatic rings.